The minimum atomic E-state index is 0.916. The Morgan fingerprint density at radius 1 is 0.889 bits per heavy atom. The topological polar surface area (TPSA) is 0 Å². The second-order valence-electron chi connectivity index (χ2n) is 4.38. The van der Waals surface area contributed by atoms with Crippen molar-refractivity contribution in [3.63, 3.8) is 0 Å². The van der Waals surface area contributed by atoms with Gasteiger partial charge in [-0.3, -0.25) is 0 Å². The molecule has 0 heterocycles. The Kier molecular flexibility index (Phi) is 4.14. The third-order valence-corrected chi connectivity index (χ3v) is 3.00. The van der Waals surface area contributed by atoms with Gasteiger partial charge < -0.3 is 0 Å². The van der Waals surface area contributed by atoms with Crippen LogP contribution >= 0.6 is 0 Å². The summed E-state index contributed by atoms with van der Waals surface area (Å²) in [5.41, 5.74) is 5.20. The van der Waals surface area contributed by atoms with Crippen LogP contribution < -0.4 is 0 Å². The molecule has 0 amide bonds. The molecule has 0 radical (unpaired) electrons. The fourth-order valence-corrected chi connectivity index (χ4v) is 2.19. The van der Waals surface area contributed by atoms with Gasteiger partial charge in [0.15, 0.2) is 0 Å². The van der Waals surface area contributed by atoms with E-state index in [0.29, 0.717) is 0 Å². The predicted molar refractivity (Wildman–Crippen MR) is 79.4 cm³/mol. The third-order valence-electron chi connectivity index (χ3n) is 3.00. The quantitative estimate of drug-likeness (QED) is 0.647. The molecular weight excluding hydrogens is 216 g/mol. The first-order valence-electron chi connectivity index (χ1n) is 6.24. The summed E-state index contributed by atoms with van der Waals surface area (Å²) in [5, 5.41) is 0. The first kappa shape index (κ1) is 12.4. The Balaban J connectivity index is 2.56. The van der Waals surface area contributed by atoms with E-state index in [1.807, 2.05) is 6.08 Å². The van der Waals surface area contributed by atoms with E-state index >= 15 is 0 Å². The van der Waals surface area contributed by atoms with Gasteiger partial charge in [-0.25, -0.2) is 0 Å². The molecule has 0 aromatic heterocycles. The summed E-state index contributed by atoms with van der Waals surface area (Å²) < 4.78 is 0. The standard InChI is InChI=1S/C18H18/c1-3-10-15(2)18(16-11-6-4-7-12-16)17-13-8-5-9-14-17/h3-9,11-14H,1,10H2,2H3. The second kappa shape index (κ2) is 6.02. The lowest BCUT2D eigenvalue weighted by Crippen LogP contribution is -1.91. The van der Waals surface area contributed by atoms with Crippen molar-refractivity contribution in [3.8, 4) is 0 Å². The van der Waals surface area contributed by atoms with Crippen molar-refractivity contribution in [2.45, 2.75) is 13.3 Å². The van der Waals surface area contributed by atoms with Crippen LogP contribution in [0.5, 0.6) is 0 Å². The van der Waals surface area contributed by atoms with Crippen molar-refractivity contribution in [2.75, 3.05) is 0 Å². The molecule has 0 unspecified atom stereocenters. The highest BCUT2D eigenvalue weighted by Gasteiger charge is 2.07. The van der Waals surface area contributed by atoms with Gasteiger partial charge in [0.25, 0.3) is 0 Å². The van der Waals surface area contributed by atoms with E-state index in [4.69, 9.17) is 0 Å². The lowest BCUT2D eigenvalue weighted by Gasteiger charge is -2.12. The molecular formula is C18H18. The molecule has 2 aromatic rings. The minimum absolute atomic E-state index is 0.916. The Bertz CT molecular complexity index is 491. The van der Waals surface area contributed by atoms with Crippen molar-refractivity contribution < 1.29 is 0 Å². The average molecular weight is 234 g/mol. The van der Waals surface area contributed by atoms with E-state index in [1.165, 1.54) is 22.3 Å². The monoisotopic (exact) mass is 234 g/mol. The highest BCUT2D eigenvalue weighted by molar-refractivity contribution is 5.81. The summed E-state index contributed by atoms with van der Waals surface area (Å²) >= 11 is 0. The SMILES string of the molecule is C=CCC(C)=C(c1ccccc1)c1ccccc1. The van der Waals surface area contributed by atoms with E-state index < -0.39 is 0 Å². The molecule has 0 saturated heterocycles. The summed E-state index contributed by atoms with van der Waals surface area (Å²) in [4.78, 5) is 0. The first-order valence-corrected chi connectivity index (χ1v) is 6.24. The summed E-state index contributed by atoms with van der Waals surface area (Å²) in [6, 6.07) is 21.1. The lowest BCUT2D eigenvalue weighted by molar-refractivity contribution is 1.22. The van der Waals surface area contributed by atoms with E-state index in [1.54, 1.807) is 0 Å². The summed E-state index contributed by atoms with van der Waals surface area (Å²) in [5.74, 6) is 0. The van der Waals surface area contributed by atoms with E-state index in [-0.39, 0.29) is 0 Å². The Labute approximate surface area is 109 Å². The molecule has 2 rings (SSSR count). The molecule has 0 aliphatic rings. The molecule has 2 aromatic carbocycles. The molecule has 0 spiro atoms. The van der Waals surface area contributed by atoms with Crippen molar-refractivity contribution in [2.24, 2.45) is 0 Å². The zero-order valence-corrected chi connectivity index (χ0v) is 10.8. The van der Waals surface area contributed by atoms with Crippen LogP contribution in [0.15, 0.2) is 78.9 Å². The van der Waals surface area contributed by atoms with Gasteiger partial charge in [-0.2, -0.15) is 0 Å². The van der Waals surface area contributed by atoms with Crippen molar-refractivity contribution in [3.05, 3.63) is 90.0 Å². The maximum absolute atomic E-state index is 3.84. The Hall–Kier alpha value is -2.08. The second-order valence-corrected chi connectivity index (χ2v) is 4.38. The molecule has 0 atom stereocenters. The van der Waals surface area contributed by atoms with Gasteiger partial charge in [0.05, 0.1) is 0 Å². The highest BCUT2D eigenvalue weighted by Crippen LogP contribution is 2.28. The minimum Gasteiger partial charge on any atom is -0.103 e. The smallest absolute Gasteiger partial charge is 0.0119 e. The van der Waals surface area contributed by atoms with Crippen molar-refractivity contribution >= 4 is 5.57 Å². The van der Waals surface area contributed by atoms with Gasteiger partial charge in [-0.15, -0.1) is 6.58 Å². The van der Waals surface area contributed by atoms with E-state index in [9.17, 15) is 0 Å². The van der Waals surface area contributed by atoms with Crippen LogP contribution in [0.3, 0.4) is 0 Å². The molecule has 0 aliphatic carbocycles. The van der Waals surface area contributed by atoms with E-state index in [0.717, 1.165) is 6.42 Å². The van der Waals surface area contributed by atoms with Gasteiger partial charge in [0, 0.05) is 0 Å². The number of hydrogen-bond donors (Lipinski definition) is 0. The van der Waals surface area contributed by atoms with Crippen LogP contribution in [-0.4, -0.2) is 0 Å². The number of allylic oxidation sites excluding steroid dienone is 2. The summed E-state index contributed by atoms with van der Waals surface area (Å²) in [6.07, 6.45) is 2.88. The number of rotatable bonds is 4. The molecule has 0 nitrogen and oxygen atoms in total. The zero-order valence-electron chi connectivity index (χ0n) is 10.8. The molecule has 90 valence electrons. The van der Waals surface area contributed by atoms with E-state index in [2.05, 4.69) is 74.2 Å². The first-order chi connectivity index (χ1) is 8.83. The predicted octanol–water partition coefficient (Wildman–Crippen LogP) is 5.08. The van der Waals surface area contributed by atoms with Crippen LogP contribution in [0, 0.1) is 0 Å². The van der Waals surface area contributed by atoms with Gasteiger partial charge in [0.1, 0.15) is 0 Å². The lowest BCUT2D eigenvalue weighted by atomic mass is 9.92. The van der Waals surface area contributed by atoms with Gasteiger partial charge in [-0.05, 0) is 30.0 Å². The third kappa shape index (κ3) is 2.78. The van der Waals surface area contributed by atoms with Crippen LogP contribution in [0.25, 0.3) is 5.57 Å². The molecule has 0 fully saturated rings. The molecule has 0 N–H and O–H groups in total. The molecule has 0 aliphatic heterocycles. The molecule has 18 heavy (non-hydrogen) atoms. The normalized spacial score (nSPS) is 9.83. The number of hydrogen-bond acceptors (Lipinski definition) is 0. The summed E-state index contributed by atoms with van der Waals surface area (Å²) in [6.45, 7) is 6.01. The highest BCUT2D eigenvalue weighted by atomic mass is 14.1. The Morgan fingerprint density at radius 2 is 1.33 bits per heavy atom. The maximum Gasteiger partial charge on any atom is -0.0119 e. The zero-order chi connectivity index (χ0) is 12.8. The largest absolute Gasteiger partial charge is 0.103 e. The van der Waals surface area contributed by atoms with Gasteiger partial charge >= 0.3 is 0 Å². The maximum atomic E-state index is 3.84. The summed E-state index contributed by atoms with van der Waals surface area (Å²) in [7, 11) is 0. The van der Waals surface area contributed by atoms with Crippen molar-refractivity contribution in [1.29, 1.82) is 0 Å². The Morgan fingerprint density at radius 3 is 1.72 bits per heavy atom. The van der Waals surface area contributed by atoms with Gasteiger partial charge in [-0.1, -0.05) is 72.3 Å². The molecule has 0 saturated carbocycles. The fraction of sp³-hybridized carbons (Fsp3) is 0.111. The van der Waals surface area contributed by atoms with Gasteiger partial charge in [0.2, 0.25) is 0 Å². The van der Waals surface area contributed by atoms with Crippen LogP contribution in [0.1, 0.15) is 24.5 Å². The van der Waals surface area contributed by atoms with Crippen LogP contribution in [-0.2, 0) is 0 Å². The van der Waals surface area contributed by atoms with Crippen LogP contribution in [0.4, 0.5) is 0 Å². The van der Waals surface area contributed by atoms with Crippen LogP contribution in [0.2, 0.25) is 0 Å². The number of benzene rings is 2. The average Bonchev–Trinajstić information content (AvgIpc) is 2.42. The molecule has 0 heteroatoms. The van der Waals surface area contributed by atoms with Crippen molar-refractivity contribution in [1.82, 2.24) is 0 Å². The fourth-order valence-electron chi connectivity index (χ4n) is 2.19. The molecule has 0 bridgehead atoms.